The van der Waals surface area contributed by atoms with Gasteiger partial charge in [0.15, 0.2) is 0 Å². The Morgan fingerprint density at radius 2 is 2.29 bits per heavy atom. The van der Waals surface area contributed by atoms with Gasteiger partial charge in [-0.1, -0.05) is 15.9 Å². The van der Waals surface area contributed by atoms with Crippen LogP contribution in [0.25, 0.3) is 0 Å². The number of aryl methyl sites for hydroxylation is 1. The van der Waals surface area contributed by atoms with Crippen LogP contribution in [0.5, 0.6) is 0 Å². The molecule has 0 spiro atoms. The van der Waals surface area contributed by atoms with E-state index in [1.54, 1.807) is 10.9 Å². The first kappa shape index (κ1) is 14.6. The molecule has 17 heavy (non-hydrogen) atoms. The molecule has 0 radical (unpaired) electrons. The summed E-state index contributed by atoms with van der Waals surface area (Å²) in [6.45, 7) is 0.570. The molecule has 0 saturated carbocycles. The highest BCUT2D eigenvalue weighted by molar-refractivity contribution is 9.09. The first-order valence-corrected chi connectivity index (χ1v) is 7.73. The van der Waals surface area contributed by atoms with Gasteiger partial charge in [-0.2, -0.15) is 19.0 Å². The highest BCUT2D eigenvalue weighted by Gasteiger charge is 2.16. The summed E-state index contributed by atoms with van der Waals surface area (Å²) in [6.07, 6.45) is 2.62. The zero-order valence-electron chi connectivity index (χ0n) is 9.59. The number of hydrogen-bond acceptors (Lipinski definition) is 5. The molecule has 9 heteroatoms. The molecule has 1 aromatic rings. The van der Waals surface area contributed by atoms with Gasteiger partial charge in [0.05, 0.1) is 19.9 Å². The minimum atomic E-state index is -3.47. The summed E-state index contributed by atoms with van der Waals surface area (Å²) in [7, 11) is -1.95. The van der Waals surface area contributed by atoms with Crippen molar-refractivity contribution in [1.29, 1.82) is 0 Å². The van der Waals surface area contributed by atoms with E-state index in [0.29, 0.717) is 23.3 Å². The van der Waals surface area contributed by atoms with Crippen molar-refractivity contribution in [2.45, 2.75) is 13.2 Å². The third-order valence-electron chi connectivity index (χ3n) is 1.93. The minimum Gasteiger partial charge on any atom is -0.264 e. The van der Waals surface area contributed by atoms with Crippen molar-refractivity contribution in [1.82, 2.24) is 9.78 Å². The van der Waals surface area contributed by atoms with E-state index < -0.39 is 10.1 Å². The molecule has 98 valence electrons. The molecule has 0 amide bonds. The molecule has 2 N–H and O–H groups in total. The Bertz CT molecular complexity index is 436. The van der Waals surface area contributed by atoms with Crippen LogP contribution in [0.3, 0.4) is 0 Å². The summed E-state index contributed by atoms with van der Waals surface area (Å²) in [5.74, 6) is 0. The number of rotatable bonds is 7. The highest BCUT2D eigenvalue weighted by atomic mass is 79.9. The van der Waals surface area contributed by atoms with E-state index in [0.717, 1.165) is 6.26 Å². The zero-order chi connectivity index (χ0) is 12.9. The molecule has 1 aromatic heterocycles. The molecule has 0 bridgehead atoms. The van der Waals surface area contributed by atoms with Crippen molar-refractivity contribution in [3.05, 3.63) is 11.9 Å². The van der Waals surface area contributed by atoms with Gasteiger partial charge in [-0.3, -0.25) is 8.86 Å². The lowest BCUT2D eigenvalue weighted by Gasteiger charge is -2.06. The predicted molar refractivity (Wildman–Crippen MR) is 64.2 cm³/mol. The van der Waals surface area contributed by atoms with Crippen LogP contribution in [-0.4, -0.2) is 36.9 Å². The largest absolute Gasteiger partial charge is 0.264 e. The van der Waals surface area contributed by atoms with E-state index in [2.05, 4.69) is 21.0 Å². The fraction of sp³-hybridized carbons (Fsp3) is 0.625. The first-order chi connectivity index (χ1) is 7.98. The van der Waals surface area contributed by atoms with Crippen molar-refractivity contribution in [2.24, 2.45) is 0 Å². The molecular formula is C8H15BrN3O4S+. The van der Waals surface area contributed by atoms with Gasteiger partial charge < -0.3 is 0 Å². The molecule has 1 rings (SSSR count). The van der Waals surface area contributed by atoms with E-state index in [-0.39, 0.29) is 6.61 Å². The van der Waals surface area contributed by atoms with Crippen LogP contribution in [0, 0.1) is 0 Å². The minimum absolute atomic E-state index is 0.0545. The summed E-state index contributed by atoms with van der Waals surface area (Å²) >= 11 is 3.30. The number of quaternary nitrogens is 1. The molecule has 0 aromatic carbocycles. The molecule has 0 unspecified atom stereocenters. The summed E-state index contributed by atoms with van der Waals surface area (Å²) in [5.41, 5.74) is 2.87. The second-order valence-corrected chi connectivity index (χ2v) is 5.72. The quantitative estimate of drug-likeness (QED) is 0.414. The van der Waals surface area contributed by atoms with Crippen LogP contribution < -0.4 is 5.48 Å². The lowest BCUT2D eigenvalue weighted by Crippen LogP contribution is -2.76. The lowest BCUT2D eigenvalue weighted by atomic mass is 10.4. The molecule has 0 aliphatic heterocycles. The maximum Gasteiger partial charge on any atom is 0.264 e. The third-order valence-corrected chi connectivity index (χ3v) is 2.83. The number of aromatic nitrogens is 2. The highest BCUT2D eigenvalue weighted by Crippen LogP contribution is 2.12. The lowest BCUT2D eigenvalue weighted by molar-refractivity contribution is -0.830. The van der Waals surface area contributed by atoms with Crippen LogP contribution in [-0.2, 0) is 32.3 Å². The van der Waals surface area contributed by atoms with Crippen molar-refractivity contribution in [2.75, 3.05) is 18.7 Å². The van der Waals surface area contributed by atoms with Gasteiger partial charge in [-0.25, -0.2) is 4.84 Å². The van der Waals surface area contributed by atoms with Gasteiger partial charge in [0.1, 0.15) is 18.5 Å². The SMILES string of the molecule is CO[NH2+]c1cnn(CCBr)c1COS(C)(=O)=O. The Balaban J connectivity index is 2.87. The molecule has 7 nitrogen and oxygen atoms in total. The first-order valence-electron chi connectivity index (χ1n) is 4.79. The third kappa shape index (κ3) is 4.72. The summed E-state index contributed by atoms with van der Waals surface area (Å²) in [4.78, 5) is 4.90. The van der Waals surface area contributed by atoms with Crippen molar-refractivity contribution in [3.8, 4) is 0 Å². The van der Waals surface area contributed by atoms with Crippen LogP contribution in [0.15, 0.2) is 6.20 Å². The smallest absolute Gasteiger partial charge is 0.264 e. The number of nitrogens with two attached hydrogens (primary N) is 1. The topological polar surface area (TPSA) is 87.0 Å². The average molecular weight is 329 g/mol. The maximum absolute atomic E-state index is 11.0. The summed E-state index contributed by atoms with van der Waals surface area (Å²) < 4.78 is 28.4. The van der Waals surface area contributed by atoms with Crippen LogP contribution in [0.1, 0.15) is 5.69 Å². The van der Waals surface area contributed by atoms with Gasteiger partial charge in [-0.05, 0) is 0 Å². The zero-order valence-corrected chi connectivity index (χ0v) is 12.0. The second kappa shape index (κ2) is 6.45. The van der Waals surface area contributed by atoms with Crippen molar-refractivity contribution in [3.63, 3.8) is 0 Å². The molecule has 0 aliphatic carbocycles. The molecule has 0 saturated heterocycles. The van der Waals surface area contributed by atoms with Crippen LogP contribution >= 0.6 is 15.9 Å². The Hall–Kier alpha value is -0.480. The van der Waals surface area contributed by atoms with E-state index in [4.69, 9.17) is 9.02 Å². The standard InChI is InChI=1S/C8H14BrN3O4S/c1-15-11-7-5-10-12(4-3-9)8(7)6-16-17(2,13)14/h5,11H,3-4,6H2,1-2H3/p+1. The maximum atomic E-state index is 11.0. The Labute approximate surface area is 108 Å². The Kier molecular flexibility index (Phi) is 5.53. The fourth-order valence-electron chi connectivity index (χ4n) is 1.24. The predicted octanol–water partition coefficient (Wildman–Crippen LogP) is -0.489. The number of nitrogens with zero attached hydrogens (tertiary/aromatic N) is 2. The van der Waals surface area contributed by atoms with Gasteiger partial charge in [-0.15, -0.1) is 0 Å². The number of halogens is 1. The molecule has 0 aliphatic rings. The molecule has 0 atom stereocenters. The number of alkyl halides is 1. The van der Waals surface area contributed by atoms with E-state index in [1.165, 1.54) is 12.6 Å². The Morgan fingerprint density at radius 3 is 2.82 bits per heavy atom. The molecule has 1 heterocycles. The molecule has 0 fully saturated rings. The average Bonchev–Trinajstić information content (AvgIpc) is 2.58. The van der Waals surface area contributed by atoms with Gasteiger partial charge in [0.25, 0.3) is 10.1 Å². The van der Waals surface area contributed by atoms with Gasteiger partial charge in [0.2, 0.25) is 5.69 Å². The molecular weight excluding hydrogens is 314 g/mol. The monoisotopic (exact) mass is 328 g/mol. The second-order valence-electron chi connectivity index (χ2n) is 3.28. The van der Waals surface area contributed by atoms with Crippen LogP contribution in [0.2, 0.25) is 0 Å². The van der Waals surface area contributed by atoms with Crippen molar-refractivity contribution < 1.29 is 22.9 Å². The number of hydrogen-bond donors (Lipinski definition) is 1. The van der Waals surface area contributed by atoms with E-state index in [9.17, 15) is 8.42 Å². The van der Waals surface area contributed by atoms with Crippen LogP contribution in [0.4, 0.5) is 5.69 Å². The van der Waals surface area contributed by atoms with E-state index >= 15 is 0 Å². The Morgan fingerprint density at radius 1 is 1.59 bits per heavy atom. The van der Waals surface area contributed by atoms with Crippen molar-refractivity contribution >= 4 is 31.7 Å². The van der Waals surface area contributed by atoms with Gasteiger partial charge in [0, 0.05) is 5.33 Å². The normalized spacial score (nSPS) is 11.9. The summed E-state index contributed by atoms with van der Waals surface area (Å²) in [6, 6.07) is 0. The van der Waals surface area contributed by atoms with Gasteiger partial charge >= 0.3 is 0 Å². The van der Waals surface area contributed by atoms with E-state index in [1.807, 2.05) is 0 Å². The fourth-order valence-corrected chi connectivity index (χ4v) is 1.91. The summed E-state index contributed by atoms with van der Waals surface area (Å²) in [5, 5.41) is 4.84.